The van der Waals surface area contributed by atoms with Gasteiger partial charge in [-0.05, 0) is 24.6 Å². The molecule has 0 saturated carbocycles. The van der Waals surface area contributed by atoms with E-state index in [1.807, 2.05) is 49.4 Å². The minimum absolute atomic E-state index is 0.142. The molecule has 37 heavy (non-hydrogen) atoms. The quantitative estimate of drug-likeness (QED) is 0.323. The lowest BCUT2D eigenvalue weighted by molar-refractivity contribution is -0.144. The number of likely N-dealkylation sites (N-methyl/N-ethyl adjacent to an activating group) is 2. The highest BCUT2D eigenvalue weighted by Gasteiger charge is 2.37. The van der Waals surface area contributed by atoms with Gasteiger partial charge in [0.1, 0.15) is 11.5 Å². The predicted octanol–water partition coefficient (Wildman–Crippen LogP) is 5.68. The zero-order valence-corrected chi connectivity index (χ0v) is 21.1. The number of halogens is 3. The zero-order valence-electron chi connectivity index (χ0n) is 21.1. The molecule has 192 valence electrons. The molecule has 0 atom stereocenters. The van der Waals surface area contributed by atoms with E-state index in [1.54, 1.807) is 66.0 Å². The maximum Gasteiger partial charge on any atom is 0.451 e. The zero-order chi connectivity index (χ0) is 26.7. The summed E-state index contributed by atoms with van der Waals surface area (Å²) >= 11 is 0. The monoisotopic (exact) mass is 507 g/mol. The Hall–Kier alpha value is -4.14. The van der Waals surface area contributed by atoms with Crippen molar-refractivity contribution in [3.05, 3.63) is 90.0 Å². The number of nitrogens with zero attached hydrogens (tertiary/aromatic N) is 5. The van der Waals surface area contributed by atoms with Crippen LogP contribution in [0.15, 0.2) is 72.9 Å². The maximum atomic E-state index is 13.9. The summed E-state index contributed by atoms with van der Waals surface area (Å²) in [6, 6.07) is 19.9. The number of amides is 1. The largest absolute Gasteiger partial charge is 0.451 e. The molecule has 0 aliphatic heterocycles. The molecular formula is C28H28F3N5O. The average Bonchev–Trinajstić information content (AvgIpc) is 3.32. The lowest BCUT2D eigenvalue weighted by Gasteiger charge is -2.26. The molecule has 0 spiro atoms. The first-order chi connectivity index (χ1) is 17.6. The Morgan fingerprint density at radius 1 is 0.892 bits per heavy atom. The molecule has 0 N–H and O–H groups in total. The first-order valence-corrected chi connectivity index (χ1v) is 11.8. The van der Waals surface area contributed by atoms with Crippen molar-refractivity contribution in [2.45, 2.75) is 13.1 Å². The molecule has 0 aliphatic carbocycles. The van der Waals surface area contributed by atoms with Crippen molar-refractivity contribution in [2.75, 3.05) is 32.1 Å². The SMILES string of the molecule is Cc1ccc(-c2nc(C(F)(F)F)nc(N(C)CCN(C)C(=O)c3cccn3C)c2-c2ccccc2)cc1. The van der Waals surface area contributed by atoms with Crippen molar-refractivity contribution < 1.29 is 18.0 Å². The Kier molecular flexibility index (Phi) is 7.33. The number of rotatable bonds is 7. The van der Waals surface area contributed by atoms with Gasteiger partial charge in [0, 0.05) is 46.0 Å². The fourth-order valence-corrected chi connectivity index (χ4v) is 4.03. The van der Waals surface area contributed by atoms with E-state index in [4.69, 9.17) is 0 Å². The summed E-state index contributed by atoms with van der Waals surface area (Å²) in [5, 5.41) is 0. The van der Waals surface area contributed by atoms with Gasteiger partial charge in [-0.15, -0.1) is 0 Å². The van der Waals surface area contributed by atoms with Gasteiger partial charge in [0.2, 0.25) is 5.82 Å². The summed E-state index contributed by atoms with van der Waals surface area (Å²) in [6.45, 7) is 2.45. The molecule has 0 saturated heterocycles. The minimum atomic E-state index is -4.73. The first kappa shape index (κ1) is 25.9. The van der Waals surface area contributed by atoms with E-state index in [-0.39, 0.29) is 30.5 Å². The smallest absolute Gasteiger partial charge is 0.357 e. The third-order valence-corrected chi connectivity index (χ3v) is 6.17. The highest BCUT2D eigenvalue weighted by atomic mass is 19.4. The van der Waals surface area contributed by atoms with Crippen molar-refractivity contribution in [1.82, 2.24) is 19.4 Å². The van der Waals surface area contributed by atoms with Gasteiger partial charge in [-0.2, -0.15) is 13.2 Å². The fourth-order valence-electron chi connectivity index (χ4n) is 4.03. The molecule has 2 aromatic carbocycles. The summed E-state index contributed by atoms with van der Waals surface area (Å²) in [4.78, 5) is 24.0. The van der Waals surface area contributed by atoms with Crippen LogP contribution in [0.3, 0.4) is 0 Å². The molecule has 0 fully saturated rings. The Bertz CT molecular complexity index is 1380. The average molecular weight is 508 g/mol. The van der Waals surface area contributed by atoms with Crippen molar-refractivity contribution in [2.24, 2.45) is 7.05 Å². The minimum Gasteiger partial charge on any atom is -0.357 e. The van der Waals surface area contributed by atoms with Gasteiger partial charge < -0.3 is 14.4 Å². The molecule has 0 unspecified atom stereocenters. The summed E-state index contributed by atoms with van der Waals surface area (Å²) in [6.07, 6.45) is -2.95. The molecule has 0 aliphatic rings. The fraction of sp³-hybridized carbons (Fsp3) is 0.250. The van der Waals surface area contributed by atoms with Crippen LogP contribution in [0.5, 0.6) is 0 Å². The molecule has 0 radical (unpaired) electrons. The second-order valence-corrected chi connectivity index (χ2v) is 8.98. The number of aromatic nitrogens is 3. The number of aryl methyl sites for hydroxylation is 2. The van der Waals surface area contributed by atoms with E-state index in [0.717, 1.165) is 5.56 Å². The Balaban J connectivity index is 1.78. The van der Waals surface area contributed by atoms with E-state index >= 15 is 0 Å². The van der Waals surface area contributed by atoms with Crippen LogP contribution in [0, 0.1) is 6.92 Å². The number of hydrogen-bond donors (Lipinski definition) is 0. The van der Waals surface area contributed by atoms with E-state index < -0.39 is 12.0 Å². The Morgan fingerprint density at radius 2 is 1.57 bits per heavy atom. The lowest BCUT2D eigenvalue weighted by atomic mass is 9.98. The molecule has 2 heterocycles. The number of alkyl halides is 3. The van der Waals surface area contributed by atoms with Crippen molar-refractivity contribution in [1.29, 1.82) is 0 Å². The van der Waals surface area contributed by atoms with Gasteiger partial charge in [-0.25, -0.2) is 9.97 Å². The third-order valence-electron chi connectivity index (χ3n) is 6.17. The second kappa shape index (κ2) is 10.5. The van der Waals surface area contributed by atoms with Crippen LogP contribution in [0.2, 0.25) is 0 Å². The van der Waals surface area contributed by atoms with Gasteiger partial charge in [0.25, 0.3) is 5.91 Å². The Labute approximate surface area is 214 Å². The molecule has 9 heteroatoms. The molecule has 0 bridgehead atoms. The maximum absolute atomic E-state index is 13.9. The topological polar surface area (TPSA) is 54.3 Å². The molecule has 2 aromatic heterocycles. The predicted molar refractivity (Wildman–Crippen MR) is 138 cm³/mol. The van der Waals surface area contributed by atoms with Gasteiger partial charge in [-0.1, -0.05) is 60.2 Å². The van der Waals surface area contributed by atoms with E-state index in [0.29, 0.717) is 22.4 Å². The third kappa shape index (κ3) is 5.66. The first-order valence-electron chi connectivity index (χ1n) is 11.8. The number of carbonyl (C=O) groups excluding carboxylic acids is 1. The number of anilines is 1. The van der Waals surface area contributed by atoms with Crippen LogP contribution in [0.1, 0.15) is 21.9 Å². The van der Waals surface area contributed by atoms with Crippen molar-refractivity contribution in [3.8, 4) is 22.4 Å². The van der Waals surface area contributed by atoms with Crippen LogP contribution in [-0.4, -0.2) is 52.5 Å². The molecule has 4 aromatic rings. The normalized spacial score (nSPS) is 11.4. The summed E-state index contributed by atoms with van der Waals surface area (Å²) in [7, 11) is 5.13. The number of benzene rings is 2. The van der Waals surface area contributed by atoms with Crippen molar-refractivity contribution >= 4 is 11.7 Å². The summed E-state index contributed by atoms with van der Waals surface area (Å²) in [5.41, 5.74) is 3.46. The summed E-state index contributed by atoms with van der Waals surface area (Å²) < 4.78 is 43.6. The van der Waals surface area contributed by atoms with Crippen LogP contribution in [0.4, 0.5) is 19.0 Å². The van der Waals surface area contributed by atoms with Crippen molar-refractivity contribution in [3.63, 3.8) is 0 Å². The number of carbonyl (C=O) groups is 1. The molecule has 1 amide bonds. The highest BCUT2D eigenvalue weighted by molar-refractivity contribution is 5.92. The number of hydrogen-bond acceptors (Lipinski definition) is 4. The van der Waals surface area contributed by atoms with Crippen LogP contribution in [-0.2, 0) is 13.2 Å². The molecule has 4 rings (SSSR count). The van der Waals surface area contributed by atoms with Gasteiger partial charge in [0.15, 0.2) is 0 Å². The van der Waals surface area contributed by atoms with E-state index in [1.165, 1.54) is 0 Å². The van der Waals surface area contributed by atoms with E-state index in [2.05, 4.69) is 9.97 Å². The lowest BCUT2D eigenvalue weighted by Crippen LogP contribution is -2.36. The highest BCUT2D eigenvalue weighted by Crippen LogP contribution is 2.40. The van der Waals surface area contributed by atoms with Gasteiger partial charge in [-0.3, -0.25) is 4.79 Å². The molecule has 6 nitrogen and oxygen atoms in total. The van der Waals surface area contributed by atoms with E-state index in [9.17, 15) is 18.0 Å². The van der Waals surface area contributed by atoms with Crippen LogP contribution >= 0.6 is 0 Å². The summed E-state index contributed by atoms with van der Waals surface area (Å²) in [5.74, 6) is -1.25. The van der Waals surface area contributed by atoms with Crippen LogP contribution < -0.4 is 4.90 Å². The van der Waals surface area contributed by atoms with Crippen LogP contribution in [0.25, 0.3) is 22.4 Å². The second-order valence-electron chi connectivity index (χ2n) is 8.98. The molecular weight excluding hydrogens is 479 g/mol. The Morgan fingerprint density at radius 3 is 2.16 bits per heavy atom. The van der Waals surface area contributed by atoms with Gasteiger partial charge in [0.05, 0.1) is 11.3 Å². The van der Waals surface area contributed by atoms with Gasteiger partial charge >= 0.3 is 6.18 Å². The standard InChI is InChI=1S/C28H28F3N5O/c1-19-12-14-21(15-13-19)24-23(20-9-6-5-7-10-20)25(33-27(32-24)28(29,30)31)35(3)17-18-36(4)26(37)22-11-8-16-34(22)2/h5-16H,17-18H2,1-4H3.